The molecule has 3 rings (SSSR count). The smallest absolute Gasteiger partial charge is 0.255 e. The van der Waals surface area contributed by atoms with E-state index in [2.05, 4.69) is 21.3 Å². The van der Waals surface area contributed by atoms with Gasteiger partial charge in [0.2, 0.25) is 10.0 Å². The number of carbonyl (C=O) groups is 2. The van der Waals surface area contributed by atoms with E-state index in [0.29, 0.717) is 22.0 Å². The molecule has 0 saturated heterocycles. The fourth-order valence-electron chi connectivity index (χ4n) is 2.72. The van der Waals surface area contributed by atoms with E-state index < -0.39 is 15.9 Å². The van der Waals surface area contributed by atoms with Gasteiger partial charge in [0.1, 0.15) is 0 Å². The molecule has 0 aliphatic carbocycles. The summed E-state index contributed by atoms with van der Waals surface area (Å²) in [6.07, 6.45) is 5.09. The zero-order valence-corrected chi connectivity index (χ0v) is 18.2. The molecule has 3 aromatic rings. The first-order valence-corrected chi connectivity index (χ1v) is 11.2. The van der Waals surface area contributed by atoms with E-state index in [9.17, 15) is 18.0 Å². The summed E-state index contributed by atoms with van der Waals surface area (Å²) in [5.41, 5.74) is 1.24. The molecular weight excluding hydrogens is 450 g/mol. The van der Waals surface area contributed by atoms with Gasteiger partial charge in [0.05, 0.1) is 22.8 Å². The first-order chi connectivity index (χ1) is 15.3. The van der Waals surface area contributed by atoms with Gasteiger partial charge in [-0.2, -0.15) is 4.72 Å². The molecule has 2 amide bonds. The second kappa shape index (κ2) is 10.1. The number of benzene rings is 3. The van der Waals surface area contributed by atoms with Crippen LogP contribution in [0.5, 0.6) is 0 Å². The second-order valence-corrected chi connectivity index (χ2v) is 8.72. The number of hydrogen-bond donors (Lipinski definition) is 3. The lowest BCUT2D eigenvalue weighted by Gasteiger charge is -2.13. The van der Waals surface area contributed by atoms with Crippen molar-refractivity contribution >= 4 is 44.8 Å². The van der Waals surface area contributed by atoms with E-state index in [1.807, 2.05) is 0 Å². The Morgan fingerprint density at radius 2 is 1.44 bits per heavy atom. The zero-order chi connectivity index (χ0) is 23.1. The maximum atomic E-state index is 12.8. The lowest BCUT2D eigenvalue weighted by molar-refractivity contribution is 0.101. The van der Waals surface area contributed by atoms with Crippen LogP contribution in [0.1, 0.15) is 20.7 Å². The van der Waals surface area contributed by atoms with E-state index in [1.54, 1.807) is 48.5 Å². The first kappa shape index (κ1) is 23.0. The van der Waals surface area contributed by atoms with Crippen molar-refractivity contribution in [2.75, 3.05) is 17.2 Å². The summed E-state index contributed by atoms with van der Waals surface area (Å²) in [5.74, 6) is 1.26. The molecule has 0 fully saturated rings. The monoisotopic (exact) mass is 467 g/mol. The third kappa shape index (κ3) is 5.74. The summed E-state index contributed by atoms with van der Waals surface area (Å²) in [5, 5.41) is 5.94. The van der Waals surface area contributed by atoms with Crippen LogP contribution in [0, 0.1) is 12.3 Å². The van der Waals surface area contributed by atoms with Gasteiger partial charge in [-0.15, -0.1) is 6.42 Å². The molecule has 3 N–H and O–H groups in total. The normalized spacial score (nSPS) is 10.8. The van der Waals surface area contributed by atoms with Crippen LogP contribution in [0.25, 0.3) is 0 Å². The van der Waals surface area contributed by atoms with Gasteiger partial charge in [-0.05, 0) is 54.6 Å². The maximum Gasteiger partial charge on any atom is 0.255 e. The van der Waals surface area contributed by atoms with Gasteiger partial charge >= 0.3 is 0 Å². The second-order valence-electron chi connectivity index (χ2n) is 6.52. The Labute approximate surface area is 190 Å². The summed E-state index contributed by atoms with van der Waals surface area (Å²) in [6, 6.07) is 18.5. The Kier molecular flexibility index (Phi) is 7.28. The summed E-state index contributed by atoms with van der Waals surface area (Å²) < 4.78 is 26.8. The lowest BCUT2D eigenvalue weighted by atomic mass is 10.2. The lowest BCUT2D eigenvalue weighted by Crippen LogP contribution is -2.24. The van der Waals surface area contributed by atoms with Gasteiger partial charge in [0.25, 0.3) is 11.8 Å². The molecule has 9 heteroatoms. The maximum absolute atomic E-state index is 12.8. The van der Waals surface area contributed by atoms with Crippen molar-refractivity contribution < 1.29 is 18.0 Å². The van der Waals surface area contributed by atoms with E-state index in [4.69, 9.17) is 18.0 Å². The molecule has 0 heterocycles. The van der Waals surface area contributed by atoms with Crippen LogP contribution in [0.4, 0.5) is 11.4 Å². The highest BCUT2D eigenvalue weighted by Gasteiger charge is 2.17. The van der Waals surface area contributed by atoms with Gasteiger partial charge in [0, 0.05) is 16.1 Å². The zero-order valence-electron chi connectivity index (χ0n) is 16.6. The Hall–Kier alpha value is -3.64. The van der Waals surface area contributed by atoms with Crippen LogP contribution < -0.4 is 15.4 Å². The van der Waals surface area contributed by atoms with Crippen LogP contribution in [-0.2, 0) is 10.0 Å². The topological polar surface area (TPSA) is 104 Å². The summed E-state index contributed by atoms with van der Waals surface area (Å²) in [7, 11) is -3.85. The van der Waals surface area contributed by atoms with Crippen molar-refractivity contribution in [1.82, 2.24) is 4.72 Å². The van der Waals surface area contributed by atoms with Crippen molar-refractivity contribution in [3.8, 4) is 12.3 Å². The molecule has 0 atom stereocenters. The standard InChI is InChI=1S/C23H18ClN3O4S/c1-2-14-25-32(30,31)19-7-5-6-17(15-19)23(29)27-21-9-4-3-8-20(21)26-22(28)16-10-12-18(24)13-11-16/h1,3-13,15,25H,14H2,(H,26,28)(H,27,29). The number of hydrogen-bond acceptors (Lipinski definition) is 4. The molecule has 3 aromatic carbocycles. The van der Waals surface area contributed by atoms with Gasteiger partial charge in [-0.1, -0.05) is 35.7 Å². The van der Waals surface area contributed by atoms with E-state index in [-0.39, 0.29) is 22.9 Å². The number of rotatable bonds is 7. The molecular formula is C23H18ClN3O4S. The highest BCUT2D eigenvalue weighted by atomic mass is 35.5. The summed E-state index contributed by atoms with van der Waals surface area (Å²) in [6.45, 7) is -0.167. The molecule has 0 bridgehead atoms. The number of terminal acetylenes is 1. The van der Waals surface area contributed by atoms with Crippen LogP contribution in [0.2, 0.25) is 5.02 Å². The van der Waals surface area contributed by atoms with Gasteiger partial charge in [-0.25, -0.2) is 8.42 Å². The van der Waals surface area contributed by atoms with Crippen molar-refractivity contribution in [2.45, 2.75) is 4.90 Å². The molecule has 7 nitrogen and oxygen atoms in total. The summed E-state index contributed by atoms with van der Waals surface area (Å²) in [4.78, 5) is 25.2. The Bertz CT molecular complexity index is 1300. The SMILES string of the molecule is C#CCNS(=O)(=O)c1cccc(C(=O)Nc2ccccc2NC(=O)c2ccc(Cl)cc2)c1. The largest absolute Gasteiger partial charge is 0.320 e. The number of carbonyl (C=O) groups excluding carboxylic acids is 2. The predicted octanol–water partition coefficient (Wildman–Crippen LogP) is 3.76. The Morgan fingerprint density at radius 1 is 0.844 bits per heavy atom. The quantitative estimate of drug-likeness (QED) is 0.460. The van der Waals surface area contributed by atoms with Crippen LogP contribution >= 0.6 is 11.6 Å². The van der Waals surface area contributed by atoms with Crippen LogP contribution in [0.3, 0.4) is 0 Å². The molecule has 0 aliphatic rings. The van der Waals surface area contributed by atoms with Crippen molar-refractivity contribution in [2.24, 2.45) is 0 Å². The van der Waals surface area contributed by atoms with Gasteiger partial charge in [-0.3, -0.25) is 9.59 Å². The van der Waals surface area contributed by atoms with Gasteiger partial charge < -0.3 is 10.6 Å². The molecule has 0 radical (unpaired) electrons. The first-order valence-electron chi connectivity index (χ1n) is 9.30. The van der Waals surface area contributed by atoms with E-state index in [1.165, 1.54) is 24.3 Å². The average Bonchev–Trinajstić information content (AvgIpc) is 2.79. The Morgan fingerprint density at radius 3 is 2.03 bits per heavy atom. The predicted molar refractivity (Wildman–Crippen MR) is 124 cm³/mol. The number of halogens is 1. The number of amides is 2. The molecule has 0 spiro atoms. The number of para-hydroxylation sites is 2. The van der Waals surface area contributed by atoms with Gasteiger partial charge in [0.15, 0.2) is 0 Å². The number of anilines is 2. The fourth-order valence-corrected chi connectivity index (χ4v) is 3.82. The van der Waals surface area contributed by atoms with Crippen molar-refractivity contribution in [3.05, 3.63) is 88.9 Å². The number of nitrogens with one attached hydrogen (secondary N) is 3. The van der Waals surface area contributed by atoms with Crippen molar-refractivity contribution in [3.63, 3.8) is 0 Å². The Balaban J connectivity index is 1.79. The van der Waals surface area contributed by atoms with Crippen LogP contribution in [-0.4, -0.2) is 26.8 Å². The highest BCUT2D eigenvalue weighted by molar-refractivity contribution is 7.89. The molecule has 32 heavy (non-hydrogen) atoms. The minimum Gasteiger partial charge on any atom is -0.320 e. The molecule has 162 valence electrons. The average molecular weight is 468 g/mol. The van der Waals surface area contributed by atoms with Crippen molar-refractivity contribution in [1.29, 1.82) is 0 Å². The number of sulfonamides is 1. The molecule has 0 aliphatic heterocycles. The molecule has 0 saturated carbocycles. The molecule has 0 aromatic heterocycles. The minimum atomic E-state index is -3.85. The van der Waals surface area contributed by atoms with Crippen LogP contribution in [0.15, 0.2) is 77.7 Å². The minimum absolute atomic E-state index is 0.0928. The summed E-state index contributed by atoms with van der Waals surface area (Å²) >= 11 is 5.85. The van der Waals surface area contributed by atoms with E-state index in [0.717, 1.165) is 0 Å². The third-order valence-electron chi connectivity index (χ3n) is 4.30. The fraction of sp³-hybridized carbons (Fsp3) is 0.0435. The third-order valence-corrected chi connectivity index (χ3v) is 5.95. The highest BCUT2D eigenvalue weighted by Crippen LogP contribution is 2.23. The van der Waals surface area contributed by atoms with E-state index >= 15 is 0 Å². The molecule has 0 unspecified atom stereocenters.